The summed E-state index contributed by atoms with van der Waals surface area (Å²) >= 11 is 0. The monoisotopic (exact) mass is 264 g/mol. The van der Waals surface area contributed by atoms with Gasteiger partial charge in [-0.25, -0.2) is 4.39 Å². The molecule has 0 fully saturated rings. The van der Waals surface area contributed by atoms with E-state index in [1.54, 1.807) is 12.1 Å². The first kappa shape index (κ1) is 13.5. The van der Waals surface area contributed by atoms with Crippen molar-refractivity contribution in [2.75, 3.05) is 5.32 Å². The average molecular weight is 264 g/mol. The molecule has 0 saturated heterocycles. The van der Waals surface area contributed by atoms with Gasteiger partial charge in [0.2, 0.25) is 5.91 Å². The van der Waals surface area contributed by atoms with Gasteiger partial charge in [0.05, 0.1) is 16.9 Å². The van der Waals surface area contributed by atoms with Crippen molar-refractivity contribution in [3.63, 3.8) is 0 Å². The lowest BCUT2D eigenvalue weighted by Crippen LogP contribution is -2.40. The van der Waals surface area contributed by atoms with E-state index in [0.29, 0.717) is 5.52 Å². The molecule has 0 aliphatic rings. The van der Waals surface area contributed by atoms with Crippen molar-refractivity contribution in [3.05, 3.63) is 24.0 Å². The summed E-state index contributed by atoms with van der Waals surface area (Å²) in [5, 5.41) is 9.43. The van der Waals surface area contributed by atoms with Crippen LogP contribution in [0.2, 0.25) is 0 Å². The smallest absolute Gasteiger partial charge is 0.242 e. The first-order valence-corrected chi connectivity index (χ1v) is 6.23. The van der Waals surface area contributed by atoms with E-state index in [0.717, 1.165) is 6.42 Å². The molecule has 1 aromatic carbocycles. The van der Waals surface area contributed by atoms with Crippen LogP contribution in [0.15, 0.2) is 18.2 Å². The normalized spacial score (nSPS) is 14.3. The lowest BCUT2D eigenvalue weighted by Gasteiger charge is -2.16. The van der Waals surface area contributed by atoms with Crippen molar-refractivity contribution in [1.82, 2.24) is 10.2 Å². The molecule has 0 spiro atoms. The van der Waals surface area contributed by atoms with Gasteiger partial charge in [-0.3, -0.25) is 9.89 Å². The van der Waals surface area contributed by atoms with Gasteiger partial charge in [-0.05, 0) is 18.1 Å². The Hall–Kier alpha value is -1.95. The number of aromatic amines is 1. The number of benzene rings is 1. The van der Waals surface area contributed by atoms with Gasteiger partial charge in [-0.1, -0.05) is 26.3 Å². The molecule has 19 heavy (non-hydrogen) atoms. The molecule has 2 atom stereocenters. The summed E-state index contributed by atoms with van der Waals surface area (Å²) in [5.74, 6) is -0.559. The lowest BCUT2D eigenvalue weighted by atomic mass is 9.99. The fourth-order valence-corrected chi connectivity index (χ4v) is 1.83. The van der Waals surface area contributed by atoms with Gasteiger partial charge in [-0.15, -0.1) is 0 Å². The highest BCUT2D eigenvalue weighted by molar-refractivity contribution is 6.01. The minimum atomic E-state index is -0.636. The van der Waals surface area contributed by atoms with Crippen molar-refractivity contribution in [3.8, 4) is 0 Å². The van der Waals surface area contributed by atoms with E-state index < -0.39 is 11.9 Å². The third-order valence-electron chi connectivity index (χ3n) is 3.34. The van der Waals surface area contributed by atoms with Gasteiger partial charge in [0.1, 0.15) is 5.82 Å². The van der Waals surface area contributed by atoms with Crippen LogP contribution in [-0.4, -0.2) is 22.1 Å². The molecule has 0 saturated carbocycles. The Morgan fingerprint density at radius 3 is 3.00 bits per heavy atom. The maximum atomic E-state index is 13.7. The highest BCUT2D eigenvalue weighted by atomic mass is 19.1. The predicted molar refractivity (Wildman–Crippen MR) is 72.1 cm³/mol. The zero-order valence-corrected chi connectivity index (χ0v) is 10.9. The number of rotatable bonds is 4. The van der Waals surface area contributed by atoms with Crippen molar-refractivity contribution in [2.45, 2.75) is 26.3 Å². The van der Waals surface area contributed by atoms with Crippen LogP contribution in [0.25, 0.3) is 10.9 Å². The van der Waals surface area contributed by atoms with E-state index in [1.807, 2.05) is 13.8 Å². The molecule has 2 rings (SSSR count). The zero-order chi connectivity index (χ0) is 14.0. The number of carbonyl (C=O) groups excluding carboxylic acids is 1. The summed E-state index contributed by atoms with van der Waals surface area (Å²) in [6, 6.07) is 3.95. The van der Waals surface area contributed by atoms with E-state index in [4.69, 9.17) is 5.73 Å². The molecule has 102 valence electrons. The molecular formula is C13H17FN4O. The number of hydrogen-bond acceptors (Lipinski definition) is 3. The Bertz CT molecular complexity index is 595. The first-order chi connectivity index (χ1) is 9.04. The number of aromatic nitrogens is 2. The Balaban J connectivity index is 2.25. The van der Waals surface area contributed by atoms with Crippen LogP contribution < -0.4 is 11.1 Å². The number of anilines is 1. The number of H-pyrrole nitrogens is 1. The van der Waals surface area contributed by atoms with Gasteiger partial charge in [0.25, 0.3) is 0 Å². The van der Waals surface area contributed by atoms with Crippen molar-refractivity contribution in [2.24, 2.45) is 11.7 Å². The molecule has 1 amide bonds. The molecule has 0 bridgehead atoms. The molecule has 1 aromatic heterocycles. The molecule has 0 aliphatic heterocycles. The number of amides is 1. The van der Waals surface area contributed by atoms with Crippen LogP contribution in [0.1, 0.15) is 20.3 Å². The molecule has 1 heterocycles. The second-order valence-corrected chi connectivity index (χ2v) is 4.64. The Morgan fingerprint density at radius 2 is 2.32 bits per heavy atom. The van der Waals surface area contributed by atoms with E-state index in [2.05, 4.69) is 15.5 Å². The number of hydrogen-bond donors (Lipinski definition) is 3. The van der Waals surface area contributed by atoms with E-state index in [-0.39, 0.29) is 23.0 Å². The number of nitrogens with one attached hydrogen (secondary N) is 2. The summed E-state index contributed by atoms with van der Waals surface area (Å²) in [6.45, 7) is 3.86. The van der Waals surface area contributed by atoms with Crippen molar-refractivity contribution in [1.29, 1.82) is 0 Å². The number of nitrogens with two attached hydrogens (primary N) is 1. The van der Waals surface area contributed by atoms with E-state index >= 15 is 0 Å². The van der Waals surface area contributed by atoms with Gasteiger partial charge < -0.3 is 11.1 Å². The highest BCUT2D eigenvalue weighted by Gasteiger charge is 2.21. The summed E-state index contributed by atoms with van der Waals surface area (Å²) in [7, 11) is 0. The van der Waals surface area contributed by atoms with Gasteiger partial charge in [0, 0.05) is 0 Å². The van der Waals surface area contributed by atoms with E-state index in [1.165, 1.54) is 6.07 Å². The van der Waals surface area contributed by atoms with Crippen LogP contribution >= 0.6 is 0 Å². The third kappa shape index (κ3) is 2.58. The fraction of sp³-hybridized carbons (Fsp3) is 0.385. The van der Waals surface area contributed by atoms with E-state index in [9.17, 15) is 9.18 Å². The Kier molecular flexibility index (Phi) is 3.80. The first-order valence-electron chi connectivity index (χ1n) is 6.23. The highest BCUT2D eigenvalue weighted by Crippen LogP contribution is 2.23. The van der Waals surface area contributed by atoms with Crippen LogP contribution in [0.5, 0.6) is 0 Å². The zero-order valence-electron chi connectivity index (χ0n) is 10.9. The second-order valence-electron chi connectivity index (χ2n) is 4.64. The Labute approximate surface area is 110 Å². The molecular weight excluding hydrogens is 247 g/mol. The van der Waals surface area contributed by atoms with Gasteiger partial charge in [-0.2, -0.15) is 5.10 Å². The molecule has 2 aromatic rings. The summed E-state index contributed by atoms with van der Waals surface area (Å²) in [6.07, 6.45) is 0.796. The molecule has 0 radical (unpaired) electrons. The molecule has 0 aliphatic carbocycles. The van der Waals surface area contributed by atoms with Gasteiger partial charge in [0.15, 0.2) is 5.82 Å². The number of nitrogens with zero attached hydrogens (tertiary/aromatic N) is 1. The topological polar surface area (TPSA) is 83.8 Å². The maximum absolute atomic E-state index is 13.7. The lowest BCUT2D eigenvalue weighted by molar-refractivity contribution is -0.118. The molecule has 2 unspecified atom stereocenters. The minimum Gasteiger partial charge on any atom is -0.320 e. The number of halogens is 1. The molecule has 4 N–H and O–H groups in total. The van der Waals surface area contributed by atoms with Gasteiger partial charge >= 0.3 is 0 Å². The maximum Gasteiger partial charge on any atom is 0.242 e. The summed E-state index contributed by atoms with van der Waals surface area (Å²) in [5.41, 5.74) is 6.36. The van der Waals surface area contributed by atoms with Crippen LogP contribution in [0.3, 0.4) is 0 Å². The average Bonchev–Trinajstić information content (AvgIpc) is 2.81. The molecule has 6 heteroatoms. The SMILES string of the molecule is CCC(C)C(N)C(=O)Nc1n[nH]c2cccc(F)c12. The van der Waals surface area contributed by atoms with Crippen LogP contribution in [-0.2, 0) is 4.79 Å². The largest absolute Gasteiger partial charge is 0.320 e. The quantitative estimate of drug-likeness (QED) is 0.789. The van der Waals surface area contributed by atoms with Crippen LogP contribution in [0.4, 0.5) is 10.2 Å². The second kappa shape index (κ2) is 5.36. The standard InChI is InChI=1S/C13H17FN4O/c1-3-7(2)11(15)13(19)16-12-10-8(14)5-4-6-9(10)17-18-12/h4-7,11H,3,15H2,1-2H3,(H2,16,17,18,19). The number of fused-ring (bicyclic) bond motifs is 1. The summed E-state index contributed by atoms with van der Waals surface area (Å²) < 4.78 is 13.7. The minimum absolute atomic E-state index is 0.0510. The predicted octanol–water partition coefficient (Wildman–Crippen LogP) is 2.01. The molecule has 5 nitrogen and oxygen atoms in total. The van der Waals surface area contributed by atoms with Crippen LogP contribution in [0, 0.1) is 11.7 Å². The summed E-state index contributed by atoms with van der Waals surface area (Å²) in [4.78, 5) is 12.0. The van der Waals surface area contributed by atoms with Crippen molar-refractivity contribution < 1.29 is 9.18 Å². The Morgan fingerprint density at radius 1 is 1.58 bits per heavy atom. The van der Waals surface area contributed by atoms with Crippen molar-refractivity contribution >= 4 is 22.6 Å². The number of carbonyl (C=O) groups is 1. The fourth-order valence-electron chi connectivity index (χ4n) is 1.83. The third-order valence-corrected chi connectivity index (χ3v) is 3.34.